The molecule has 9 nitrogen and oxygen atoms in total. The van der Waals surface area contributed by atoms with Crippen LogP contribution in [-0.4, -0.2) is 55.5 Å². The van der Waals surface area contributed by atoms with Crippen LogP contribution in [0.3, 0.4) is 0 Å². The van der Waals surface area contributed by atoms with Crippen LogP contribution in [0.25, 0.3) is 0 Å². The van der Waals surface area contributed by atoms with Crippen LogP contribution in [0.5, 0.6) is 6.01 Å². The SMILES string of the molecule is CC1(CN2Cc3nc(N4CCC(F)(F)CC4)sc3C2)Cn2cc([N+](=O)[O-])nc2O1. The molecule has 1 saturated heterocycles. The first kappa shape index (κ1) is 18.7. The first-order chi connectivity index (χ1) is 13.7. The van der Waals surface area contributed by atoms with Gasteiger partial charge in [-0.3, -0.25) is 9.47 Å². The van der Waals surface area contributed by atoms with Gasteiger partial charge in [0.2, 0.25) is 0 Å². The Labute approximate surface area is 169 Å². The summed E-state index contributed by atoms with van der Waals surface area (Å²) in [5.41, 5.74) is 0.477. The van der Waals surface area contributed by atoms with Crippen molar-refractivity contribution >= 4 is 22.3 Å². The number of hydrogen-bond donors (Lipinski definition) is 0. The summed E-state index contributed by atoms with van der Waals surface area (Å²) in [6.07, 6.45) is 1.16. The summed E-state index contributed by atoms with van der Waals surface area (Å²) >= 11 is 1.58. The van der Waals surface area contributed by atoms with Gasteiger partial charge in [0.15, 0.2) is 5.13 Å². The summed E-state index contributed by atoms with van der Waals surface area (Å²) in [5, 5.41) is 11.7. The zero-order valence-electron chi connectivity index (χ0n) is 15.8. The van der Waals surface area contributed by atoms with Crippen molar-refractivity contribution in [3.05, 3.63) is 26.9 Å². The second kappa shape index (κ2) is 6.33. The lowest BCUT2D eigenvalue weighted by molar-refractivity contribution is -0.389. The fraction of sp³-hybridized carbons (Fsp3) is 0.647. The van der Waals surface area contributed by atoms with Crippen molar-refractivity contribution in [2.24, 2.45) is 0 Å². The molecule has 0 N–H and O–H groups in total. The van der Waals surface area contributed by atoms with Crippen LogP contribution in [0, 0.1) is 10.1 Å². The summed E-state index contributed by atoms with van der Waals surface area (Å²) in [6, 6.07) is 0.274. The van der Waals surface area contributed by atoms with Gasteiger partial charge in [-0.05, 0) is 11.8 Å². The molecule has 0 spiro atoms. The third-order valence-corrected chi connectivity index (χ3v) is 6.73. The Balaban J connectivity index is 1.20. The molecule has 3 aliphatic heterocycles. The molecule has 5 heterocycles. The molecule has 0 saturated carbocycles. The number of nitrogens with zero attached hydrogens (tertiary/aromatic N) is 6. The van der Waals surface area contributed by atoms with Gasteiger partial charge in [-0.2, -0.15) is 0 Å². The lowest BCUT2D eigenvalue weighted by Crippen LogP contribution is -2.43. The lowest BCUT2D eigenvalue weighted by atomic mass is 10.1. The molecule has 0 aliphatic carbocycles. The zero-order chi connectivity index (χ0) is 20.4. The predicted molar refractivity (Wildman–Crippen MR) is 101 cm³/mol. The number of thiazole rings is 1. The quantitative estimate of drug-likeness (QED) is 0.548. The Morgan fingerprint density at radius 3 is 2.72 bits per heavy atom. The summed E-state index contributed by atoms with van der Waals surface area (Å²) in [7, 11) is 0. The van der Waals surface area contributed by atoms with Gasteiger partial charge in [0, 0.05) is 55.4 Å². The number of hydrogen-bond acceptors (Lipinski definition) is 8. The molecule has 2 aromatic heterocycles. The smallest absolute Gasteiger partial charge is 0.415 e. The minimum Gasteiger partial charge on any atom is -0.436 e. The molecule has 3 aliphatic rings. The van der Waals surface area contributed by atoms with Crippen molar-refractivity contribution in [1.82, 2.24) is 19.4 Å². The van der Waals surface area contributed by atoms with Crippen molar-refractivity contribution in [1.29, 1.82) is 0 Å². The molecule has 2 aromatic rings. The molecule has 1 atom stereocenters. The molecular formula is C17H20F2N6O3S. The fourth-order valence-electron chi connectivity index (χ4n) is 4.20. The van der Waals surface area contributed by atoms with Gasteiger partial charge >= 0.3 is 11.8 Å². The van der Waals surface area contributed by atoms with E-state index in [0.717, 1.165) is 22.2 Å². The molecule has 5 rings (SSSR count). The van der Waals surface area contributed by atoms with Gasteiger partial charge in [-0.15, -0.1) is 11.3 Å². The van der Waals surface area contributed by atoms with Gasteiger partial charge in [-0.1, -0.05) is 0 Å². The second-order valence-electron chi connectivity index (χ2n) is 8.17. The fourth-order valence-corrected chi connectivity index (χ4v) is 5.36. The van der Waals surface area contributed by atoms with Crippen molar-refractivity contribution in [2.45, 2.75) is 50.9 Å². The number of piperidine rings is 1. The predicted octanol–water partition coefficient (Wildman–Crippen LogP) is 2.65. The Hall–Kier alpha value is -2.34. The van der Waals surface area contributed by atoms with E-state index in [-0.39, 0.29) is 24.7 Å². The van der Waals surface area contributed by atoms with Crippen LogP contribution in [0.1, 0.15) is 30.3 Å². The molecule has 0 bridgehead atoms. The van der Waals surface area contributed by atoms with E-state index >= 15 is 0 Å². The number of alkyl halides is 2. The zero-order valence-corrected chi connectivity index (χ0v) is 16.6. The molecule has 29 heavy (non-hydrogen) atoms. The number of imidazole rings is 1. The van der Waals surface area contributed by atoms with Crippen LogP contribution in [0.15, 0.2) is 6.20 Å². The van der Waals surface area contributed by atoms with Gasteiger partial charge < -0.3 is 19.8 Å². The highest BCUT2D eigenvalue weighted by atomic mass is 32.1. The summed E-state index contributed by atoms with van der Waals surface area (Å²) in [5.74, 6) is -2.77. The number of nitro groups is 1. The maximum Gasteiger partial charge on any atom is 0.415 e. The number of aromatic nitrogens is 3. The Morgan fingerprint density at radius 1 is 1.31 bits per heavy atom. The normalized spacial score (nSPS) is 25.7. The molecule has 12 heteroatoms. The van der Waals surface area contributed by atoms with Gasteiger partial charge in [0.1, 0.15) is 11.8 Å². The number of halogens is 2. The molecule has 0 amide bonds. The van der Waals surface area contributed by atoms with Crippen LogP contribution in [0.2, 0.25) is 0 Å². The second-order valence-corrected chi connectivity index (χ2v) is 9.24. The van der Waals surface area contributed by atoms with E-state index in [2.05, 4.69) is 9.88 Å². The molecule has 0 radical (unpaired) electrons. The largest absolute Gasteiger partial charge is 0.436 e. The van der Waals surface area contributed by atoms with E-state index in [1.165, 1.54) is 6.20 Å². The Bertz CT molecular complexity index is 920. The molecule has 1 fully saturated rings. The van der Waals surface area contributed by atoms with Crippen LogP contribution in [-0.2, 0) is 19.6 Å². The monoisotopic (exact) mass is 426 g/mol. The first-order valence-electron chi connectivity index (χ1n) is 9.44. The highest BCUT2D eigenvalue weighted by Gasteiger charge is 2.43. The van der Waals surface area contributed by atoms with E-state index in [1.807, 2.05) is 11.8 Å². The lowest BCUT2D eigenvalue weighted by Gasteiger charge is -2.31. The highest BCUT2D eigenvalue weighted by Crippen LogP contribution is 2.38. The minimum atomic E-state index is -2.56. The molecule has 156 valence electrons. The summed E-state index contributed by atoms with van der Waals surface area (Å²) in [6.45, 7) is 5.19. The number of ether oxygens (including phenoxy) is 1. The topological polar surface area (TPSA) is 89.6 Å². The Morgan fingerprint density at radius 2 is 2.07 bits per heavy atom. The van der Waals surface area contributed by atoms with Crippen molar-refractivity contribution in [3.63, 3.8) is 0 Å². The average molecular weight is 426 g/mol. The maximum absolute atomic E-state index is 13.4. The van der Waals surface area contributed by atoms with Crippen molar-refractivity contribution in [2.75, 3.05) is 24.5 Å². The molecule has 0 aromatic carbocycles. The standard InChI is InChI=1S/C17H20F2N6O3S/c1-16(10-24-8-13(25(26)27)21-14(24)28-16)9-22-6-11-12(7-22)29-15(20-11)23-4-2-17(18,19)3-5-23/h8H,2-7,9-10H2,1H3. The van der Waals surface area contributed by atoms with Crippen molar-refractivity contribution in [3.8, 4) is 6.01 Å². The third kappa shape index (κ3) is 3.44. The number of anilines is 1. The van der Waals surface area contributed by atoms with E-state index < -0.39 is 16.4 Å². The number of rotatable bonds is 4. The Kier molecular flexibility index (Phi) is 4.07. The first-order valence-corrected chi connectivity index (χ1v) is 10.3. The van der Waals surface area contributed by atoms with E-state index in [0.29, 0.717) is 32.7 Å². The average Bonchev–Trinajstić information content (AvgIpc) is 3.32. The van der Waals surface area contributed by atoms with Crippen LogP contribution < -0.4 is 9.64 Å². The van der Waals surface area contributed by atoms with Gasteiger partial charge in [0.05, 0.1) is 12.2 Å². The highest BCUT2D eigenvalue weighted by molar-refractivity contribution is 7.15. The summed E-state index contributed by atoms with van der Waals surface area (Å²) < 4.78 is 34.3. The van der Waals surface area contributed by atoms with Crippen LogP contribution in [0.4, 0.5) is 19.7 Å². The van der Waals surface area contributed by atoms with E-state index in [9.17, 15) is 18.9 Å². The van der Waals surface area contributed by atoms with Crippen molar-refractivity contribution < 1.29 is 18.4 Å². The van der Waals surface area contributed by atoms with E-state index in [4.69, 9.17) is 9.72 Å². The molecule has 1 unspecified atom stereocenters. The number of fused-ring (bicyclic) bond motifs is 2. The minimum absolute atomic E-state index is 0.119. The summed E-state index contributed by atoms with van der Waals surface area (Å²) in [4.78, 5) is 24.3. The third-order valence-electron chi connectivity index (χ3n) is 5.59. The molecular weight excluding hydrogens is 406 g/mol. The van der Waals surface area contributed by atoms with E-state index in [1.54, 1.807) is 15.9 Å². The van der Waals surface area contributed by atoms with Gasteiger partial charge in [-0.25, -0.2) is 13.8 Å². The van der Waals surface area contributed by atoms with Crippen LogP contribution >= 0.6 is 11.3 Å². The maximum atomic E-state index is 13.4. The van der Waals surface area contributed by atoms with Gasteiger partial charge in [0.25, 0.3) is 5.92 Å².